The second-order valence-corrected chi connectivity index (χ2v) is 12.6. The molecule has 11 heteroatoms. The van der Waals surface area contributed by atoms with Crippen LogP contribution in [0.4, 0.5) is 5.69 Å². The number of anilines is 1. The van der Waals surface area contributed by atoms with Gasteiger partial charge in [-0.2, -0.15) is 5.26 Å². The van der Waals surface area contributed by atoms with Crippen LogP contribution in [0.1, 0.15) is 35.2 Å². The predicted octanol–water partition coefficient (Wildman–Crippen LogP) is 6.10. The molecule has 9 nitrogen and oxygen atoms in total. The van der Waals surface area contributed by atoms with Gasteiger partial charge in [0.05, 0.1) is 46.1 Å². The van der Waals surface area contributed by atoms with E-state index < -0.39 is 6.04 Å². The van der Waals surface area contributed by atoms with E-state index in [1.807, 2.05) is 54.6 Å². The lowest BCUT2D eigenvalue weighted by atomic mass is 9.94. The lowest BCUT2D eigenvalue weighted by Gasteiger charge is -2.26. The highest BCUT2D eigenvalue weighted by molar-refractivity contribution is 9.10. The number of hydrogen-bond donors (Lipinski definition) is 1. The van der Waals surface area contributed by atoms with Crippen LogP contribution in [0.5, 0.6) is 17.2 Å². The highest BCUT2D eigenvalue weighted by Gasteiger charge is 2.34. The van der Waals surface area contributed by atoms with Crippen molar-refractivity contribution in [2.45, 2.75) is 19.6 Å². The Morgan fingerprint density at radius 3 is 2.52 bits per heavy atom. The summed E-state index contributed by atoms with van der Waals surface area (Å²) in [6.07, 6.45) is 1.79. The highest BCUT2D eigenvalue weighted by atomic mass is 79.9. The van der Waals surface area contributed by atoms with Crippen LogP contribution >= 0.6 is 27.3 Å². The van der Waals surface area contributed by atoms with Crippen molar-refractivity contribution in [3.63, 3.8) is 0 Å². The fraction of sp³-hybridized carbons (Fsp3) is 0.135. The fourth-order valence-corrected chi connectivity index (χ4v) is 7.01. The van der Waals surface area contributed by atoms with Gasteiger partial charge in [0.1, 0.15) is 29.9 Å². The molecule has 0 radical (unpaired) electrons. The summed E-state index contributed by atoms with van der Waals surface area (Å²) in [5.74, 6) is 1.26. The molecule has 0 aliphatic carbocycles. The third-order valence-electron chi connectivity index (χ3n) is 7.81. The van der Waals surface area contributed by atoms with E-state index in [-0.39, 0.29) is 18.1 Å². The molecular weight excluding hydrogens is 692 g/mol. The zero-order chi connectivity index (χ0) is 33.8. The Balaban J connectivity index is 1.40. The SMILES string of the molecule is COc1ccc([C@H]2C(C(=O)Nc3ccccc3)=C(C)N=c3s/c(=C\c4ccc(OCc5ccccc5C#N)c(Br)c4)c(=O)n32)c(OC)c1. The number of thiazole rings is 1. The maximum atomic E-state index is 14.2. The number of aromatic nitrogens is 1. The molecule has 1 aliphatic heterocycles. The minimum Gasteiger partial charge on any atom is -0.497 e. The Kier molecular flexibility index (Phi) is 9.57. The number of halogens is 1. The summed E-state index contributed by atoms with van der Waals surface area (Å²) >= 11 is 4.83. The van der Waals surface area contributed by atoms with Crippen molar-refractivity contribution in [3.05, 3.63) is 149 Å². The molecule has 6 rings (SSSR count). The van der Waals surface area contributed by atoms with Crippen molar-refractivity contribution in [2.75, 3.05) is 19.5 Å². The Labute approximate surface area is 288 Å². The lowest BCUT2D eigenvalue weighted by molar-refractivity contribution is -0.113. The second-order valence-electron chi connectivity index (χ2n) is 10.8. The summed E-state index contributed by atoms with van der Waals surface area (Å²) in [5, 5.41) is 12.4. The molecule has 1 N–H and O–H groups in total. The summed E-state index contributed by atoms with van der Waals surface area (Å²) in [6, 6.07) is 28.6. The third kappa shape index (κ3) is 6.53. The average molecular weight is 722 g/mol. The predicted molar refractivity (Wildman–Crippen MR) is 188 cm³/mol. The van der Waals surface area contributed by atoms with Gasteiger partial charge < -0.3 is 19.5 Å². The number of carbonyl (C=O) groups is 1. The molecule has 240 valence electrons. The van der Waals surface area contributed by atoms with Gasteiger partial charge >= 0.3 is 0 Å². The zero-order valence-electron chi connectivity index (χ0n) is 26.2. The molecule has 0 unspecified atom stereocenters. The van der Waals surface area contributed by atoms with E-state index in [9.17, 15) is 14.9 Å². The number of allylic oxidation sites excluding steroid dienone is 1. The van der Waals surface area contributed by atoms with Crippen molar-refractivity contribution in [2.24, 2.45) is 4.99 Å². The van der Waals surface area contributed by atoms with Gasteiger partial charge in [0.25, 0.3) is 11.5 Å². The number of methoxy groups -OCH3 is 2. The number of amides is 1. The Morgan fingerprint density at radius 2 is 1.79 bits per heavy atom. The standard InChI is InChI=1S/C37H29BrN4O5S/c1-22-33(35(43)41-26-11-5-4-6-12-26)34(28-15-14-27(45-2)19-31(28)46-3)42-36(44)32(48-37(42)40-22)18-23-13-16-30(29(38)17-23)47-21-25-10-8-7-9-24(25)20-39/h4-19,34H,21H2,1-3H3,(H,41,43)/b32-18-/t34-/m0/s1. The molecule has 0 spiro atoms. The molecule has 4 aromatic carbocycles. The van der Waals surface area contributed by atoms with E-state index in [4.69, 9.17) is 19.2 Å². The number of ether oxygens (including phenoxy) is 3. The molecule has 0 saturated carbocycles. The molecule has 1 aromatic heterocycles. The molecule has 1 amide bonds. The quantitative estimate of drug-likeness (QED) is 0.197. The summed E-state index contributed by atoms with van der Waals surface area (Å²) in [6.45, 7) is 2.00. The van der Waals surface area contributed by atoms with Gasteiger partial charge in [-0.3, -0.25) is 14.2 Å². The van der Waals surface area contributed by atoms with E-state index in [0.29, 0.717) is 59.1 Å². The highest BCUT2D eigenvalue weighted by Crippen LogP contribution is 2.37. The Bertz CT molecular complexity index is 2290. The second kappa shape index (κ2) is 14.1. The van der Waals surface area contributed by atoms with Gasteiger partial charge in [-0.25, -0.2) is 4.99 Å². The third-order valence-corrected chi connectivity index (χ3v) is 9.41. The first-order chi connectivity index (χ1) is 23.3. The molecule has 5 aromatic rings. The molecule has 0 fully saturated rings. The first kappa shape index (κ1) is 32.5. The Morgan fingerprint density at radius 1 is 1.02 bits per heavy atom. The minimum atomic E-state index is -0.827. The topological polar surface area (TPSA) is 115 Å². The number of rotatable bonds is 9. The van der Waals surface area contributed by atoms with Gasteiger partial charge in [0.15, 0.2) is 4.80 Å². The van der Waals surface area contributed by atoms with Gasteiger partial charge in [0.2, 0.25) is 0 Å². The van der Waals surface area contributed by atoms with Crippen molar-refractivity contribution in [1.82, 2.24) is 4.57 Å². The van der Waals surface area contributed by atoms with Crippen LogP contribution in [-0.4, -0.2) is 24.7 Å². The monoisotopic (exact) mass is 720 g/mol. The maximum Gasteiger partial charge on any atom is 0.271 e. The van der Waals surface area contributed by atoms with E-state index in [2.05, 4.69) is 27.3 Å². The van der Waals surface area contributed by atoms with E-state index >= 15 is 0 Å². The molecule has 0 bridgehead atoms. The van der Waals surface area contributed by atoms with Crippen molar-refractivity contribution in [1.29, 1.82) is 5.26 Å². The number of benzene rings is 4. The van der Waals surface area contributed by atoms with Crippen LogP contribution in [0, 0.1) is 11.3 Å². The fourth-order valence-electron chi connectivity index (χ4n) is 5.46. The number of para-hydroxylation sites is 1. The normalized spacial score (nSPS) is 14.1. The van der Waals surface area contributed by atoms with Crippen LogP contribution in [0.2, 0.25) is 0 Å². The van der Waals surface area contributed by atoms with Crippen LogP contribution < -0.4 is 34.4 Å². The van der Waals surface area contributed by atoms with Crippen molar-refractivity contribution >= 4 is 44.9 Å². The van der Waals surface area contributed by atoms with Crippen LogP contribution in [0.15, 0.2) is 117 Å². The summed E-state index contributed by atoms with van der Waals surface area (Å²) < 4.78 is 19.8. The molecule has 2 heterocycles. The number of carbonyl (C=O) groups excluding carboxylic acids is 1. The van der Waals surface area contributed by atoms with Gasteiger partial charge in [-0.05, 0) is 77.0 Å². The van der Waals surface area contributed by atoms with E-state index in [1.165, 1.54) is 18.4 Å². The van der Waals surface area contributed by atoms with Crippen LogP contribution in [-0.2, 0) is 11.4 Å². The summed E-state index contributed by atoms with van der Waals surface area (Å²) in [7, 11) is 3.10. The van der Waals surface area contributed by atoms with Gasteiger partial charge in [-0.15, -0.1) is 0 Å². The van der Waals surface area contributed by atoms with Crippen molar-refractivity contribution in [3.8, 4) is 23.3 Å². The number of nitriles is 1. The summed E-state index contributed by atoms with van der Waals surface area (Å²) in [5.41, 5.74) is 3.84. The number of fused-ring (bicyclic) bond motifs is 1. The maximum absolute atomic E-state index is 14.2. The Hall–Kier alpha value is -5.44. The number of nitrogens with zero attached hydrogens (tertiary/aromatic N) is 3. The minimum absolute atomic E-state index is 0.231. The first-order valence-corrected chi connectivity index (χ1v) is 16.4. The van der Waals surface area contributed by atoms with Crippen LogP contribution in [0.3, 0.4) is 0 Å². The van der Waals surface area contributed by atoms with Gasteiger partial charge in [0, 0.05) is 22.9 Å². The smallest absolute Gasteiger partial charge is 0.271 e. The molecule has 1 aliphatic rings. The van der Waals surface area contributed by atoms with Crippen LogP contribution in [0.25, 0.3) is 6.08 Å². The first-order valence-electron chi connectivity index (χ1n) is 14.8. The lowest BCUT2D eigenvalue weighted by Crippen LogP contribution is -2.40. The van der Waals surface area contributed by atoms with Crippen molar-refractivity contribution < 1.29 is 19.0 Å². The molecule has 48 heavy (non-hydrogen) atoms. The molecular formula is C37H29BrN4O5S. The zero-order valence-corrected chi connectivity index (χ0v) is 28.6. The molecule has 0 saturated heterocycles. The molecule has 1 atom stereocenters. The van der Waals surface area contributed by atoms with E-state index in [1.54, 1.807) is 61.1 Å². The number of hydrogen-bond acceptors (Lipinski definition) is 8. The average Bonchev–Trinajstić information content (AvgIpc) is 3.40. The van der Waals surface area contributed by atoms with E-state index in [0.717, 1.165) is 11.1 Å². The van der Waals surface area contributed by atoms with Gasteiger partial charge in [-0.1, -0.05) is 53.8 Å². The largest absolute Gasteiger partial charge is 0.497 e. The summed E-state index contributed by atoms with van der Waals surface area (Å²) in [4.78, 5) is 33.3. The number of nitrogens with one attached hydrogen (secondary N) is 1.